The second-order valence-corrected chi connectivity index (χ2v) is 8.68. The standard InChI is InChI=1S/C22H30N2O6S/c1-6-24(31(26,27)19-11-9-18(10-12-19)30-7-2)15-22(25)23-16(3)17-8-13-20(28-4)21(14-17)29-5/h8-14,16H,6-7,15H2,1-5H3,(H,23,25). The van der Waals surface area contributed by atoms with Gasteiger partial charge in [-0.15, -0.1) is 0 Å². The molecule has 0 aliphatic heterocycles. The van der Waals surface area contributed by atoms with Gasteiger partial charge in [0.1, 0.15) is 5.75 Å². The number of carbonyl (C=O) groups excluding carboxylic acids is 1. The normalized spacial score (nSPS) is 12.3. The number of benzene rings is 2. The molecule has 0 bridgehead atoms. The maximum absolute atomic E-state index is 13.0. The molecule has 2 rings (SSSR count). The van der Waals surface area contributed by atoms with E-state index in [1.165, 1.54) is 19.2 Å². The molecular weight excluding hydrogens is 420 g/mol. The first kappa shape index (κ1) is 24.5. The number of ether oxygens (including phenoxy) is 3. The van der Waals surface area contributed by atoms with Gasteiger partial charge < -0.3 is 19.5 Å². The number of carbonyl (C=O) groups is 1. The summed E-state index contributed by atoms with van der Waals surface area (Å²) in [5.41, 5.74) is 0.809. The summed E-state index contributed by atoms with van der Waals surface area (Å²) in [6, 6.07) is 11.2. The van der Waals surface area contributed by atoms with E-state index >= 15 is 0 Å². The lowest BCUT2D eigenvalue weighted by atomic mass is 10.1. The number of likely N-dealkylation sites (N-methyl/N-ethyl adjacent to an activating group) is 1. The summed E-state index contributed by atoms with van der Waals surface area (Å²) in [6.45, 7) is 5.72. The molecule has 0 saturated heterocycles. The zero-order valence-electron chi connectivity index (χ0n) is 18.5. The maximum atomic E-state index is 13.0. The molecule has 1 N–H and O–H groups in total. The zero-order valence-corrected chi connectivity index (χ0v) is 19.4. The van der Waals surface area contributed by atoms with Crippen LogP contribution in [-0.4, -0.2) is 52.5 Å². The lowest BCUT2D eigenvalue weighted by Crippen LogP contribution is -2.41. The summed E-state index contributed by atoms with van der Waals surface area (Å²) in [5, 5.41) is 2.84. The van der Waals surface area contributed by atoms with Gasteiger partial charge in [-0.05, 0) is 55.8 Å². The highest BCUT2D eigenvalue weighted by atomic mass is 32.2. The van der Waals surface area contributed by atoms with E-state index in [1.54, 1.807) is 38.3 Å². The van der Waals surface area contributed by atoms with Crippen molar-refractivity contribution >= 4 is 15.9 Å². The molecule has 0 spiro atoms. The largest absolute Gasteiger partial charge is 0.494 e. The van der Waals surface area contributed by atoms with Crippen molar-refractivity contribution in [3.63, 3.8) is 0 Å². The van der Waals surface area contributed by atoms with Crippen LogP contribution in [0.1, 0.15) is 32.4 Å². The summed E-state index contributed by atoms with van der Waals surface area (Å²) in [4.78, 5) is 12.7. The highest BCUT2D eigenvalue weighted by molar-refractivity contribution is 7.89. The van der Waals surface area contributed by atoms with E-state index in [9.17, 15) is 13.2 Å². The van der Waals surface area contributed by atoms with E-state index in [1.807, 2.05) is 19.9 Å². The topological polar surface area (TPSA) is 94.2 Å². The van der Waals surface area contributed by atoms with E-state index in [0.29, 0.717) is 23.9 Å². The minimum absolute atomic E-state index is 0.110. The molecule has 31 heavy (non-hydrogen) atoms. The van der Waals surface area contributed by atoms with Crippen LogP contribution < -0.4 is 19.5 Å². The van der Waals surface area contributed by atoms with Gasteiger partial charge in [-0.2, -0.15) is 4.31 Å². The smallest absolute Gasteiger partial charge is 0.243 e. The van der Waals surface area contributed by atoms with Crippen molar-refractivity contribution in [1.82, 2.24) is 9.62 Å². The Bertz CT molecular complexity index is 976. The van der Waals surface area contributed by atoms with Gasteiger partial charge in [0.25, 0.3) is 0 Å². The van der Waals surface area contributed by atoms with Crippen LogP contribution in [0.3, 0.4) is 0 Å². The Hall–Kier alpha value is -2.78. The molecule has 1 atom stereocenters. The molecule has 0 aliphatic carbocycles. The summed E-state index contributed by atoms with van der Waals surface area (Å²) in [7, 11) is -0.732. The van der Waals surface area contributed by atoms with Crippen molar-refractivity contribution in [2.45, 2.75) is 31.7 Å². The molecule has 0 radical (unpaired) electrons. The van der Waals surface area contributed by atoms with Crippen LogP contribution in [0.5, 0.6) is 17.2 Å². The Balaban J connectivity index is 2.09. The Kier molecular flexibility index (Phi) is 8.70. The molecule has 0 fully saturated rings. The summed E-state index contributed by atoms with van der Waals surface area (Å²) < 4.78 is 42.9. The van der Waals surface area contributed by atoms with Crippen molar-refractivity contribution in [3.05, 3.63) is 48.0 Å². The molecule has 170 valence electrons. The van der Waals surface area contributed by atoms with Gasteiger partial charge >= 0.3 is 0 Å². The fourth-order valence-corrected chi connectivity index (χ4v) is 4.45. The molecule has 2 aromatic carbocycles. The van der Waals surface area contributed by atoms with Gasteiger partial charge in [0.05, 0.1) is 38.3 Å². The van der Waals surface area contributed by atoms with E-state index in [-0.39, 0.29) is 24.0 Å². The number of hydrogen-bond acceptors (Lipinski definition) is 6. The van der Waals surface area contributed by atoms with Crippen molar-refractivity contribution in [2.24, 2.45) is 0 Å². The number of hydrogen-bond donors (Lipinski definition) is 1. The van der Waals surface area contributed by atoms with Crippen LogP contribution in [0.15, 0.2) is 47.4 Å². The fourth-order valence-electron chi connectivity index (χ4n) is 3.04. The number of rotatable bonds is 11. The molecule has 8 nitrogen and oxygen atoms in total. The van der Waals surface area contributed by atoms with Crippen LogP contribution in [0, 0.1) is 0 Å². The minimum Gasteiger partial charge on any atom is -0.494 e. The van der Waals surface area contributed by atoms with Crippen molar-refractivity contribution in [1.29, 1.82) is 0 Å². The average Bonchev–Trinajstić information content (AvgIpc) is 2.77. The highest BCUT2D eigenvalue weighted by Gasteiger charge is 2.26. The number of amides is 1. The highest BCUT2D eigenvalue weighted by Crippen LogP contribution is 2.30. The third-order valence-corrected chi connectivity index (χ3v) is 6.67. The first-order valence-corrected chi connectivity index (χ1v) is 11.4. The quantitative estimate of drug-likeness (QED) is 0.566. The zero-order chi connectivity index (χ0) is 23.0. The van der Waals surface area contributed by atoms with Crippen molar-refractivity contribution in [2.75, 3.05) is 33.9 Å². The molecule has 1 amide bonds. The second-order valence-electron chi connectivity index (χ2n) is 6.74. The van der Waals surface area contributed by atoms with Gasteiger partial charge in [-0.25, -0.2) is 8.42 Å². The fraction of sp³-hybridized carbons (Fsp3) is 0.409. The average molecular weight is 451 g/mol. The van der Waals surface area contributed by atoms with Gasteiger partial charge in [-0.3, -0.25) is 4.79 Å². The number of methoxy groups -OCH3 is 2. The monoisotopic (exact) mass is 450 g/mol. The van der Waals surface area contributed by atoms with Crippen LogP contribution in [0.25, 0.3) is 0 Å². The maximum Gasteiger partial charge on any atom is 0.243 e. The van der Waals surface area contributed by atoms with Crippen LogP contribution in [0.4, 0.5) is 0 Å². The Morgan fingerprint density at radius 2 is 1.68 bits per heavy atom. The van der Waals surface area contributed by atoms with Crippen LogP contribution in [-0.2, 0) is 14.8 Å². The van der Waals surface area contributed by atoms with E-state index in [4.69, 9.17) is 14.2 Å². The van der Waals surface area contributed by atoms with Gasteiger partial charge in [0.2, 0.25) is 15.9 Å². The second kappa shape index (κ2) is 11.0. The number of nitrogens with zero attached hydrogens (tertiary/aromatic N) is 1. The number of nitrogens with one attached hydrogen (secondary N) is 1. The lowest BCUT2D eigenvalue weighted by Gasteiger charge is -2.22. The molecule has 9 heteroatoms. The Morgan fingerprint density at radius 1 is 1.03 bits per heavy atom. The Labute approximate surface area is 184 Å². The minimum atomic E-state index is -3.82. The molecule has 1 unspecified atom stereocenters. The lowest BCUT2D eigenvalue weighted by molar-refractivity contribution is -0.121. The molecular formula is C22H30N2O6S. The van der Waals surface area contributed by atoms with Crippen LogP contribution >= 0.6 is 0 Å². The molecule has 0 aromatic heterocycles. The summed E-state index contributed by atoms with van der Waals surface area (Å²) in [6.07, 6.45) is 0. The van der Waals surface area contributed by atoms with Crippen molar-refractivity contribution in [3.8, 4) is 17.2 Å². The van der Waals surface area contributed by atoms with Crippen molar-refractivity contribution < 1.29 is 27.4 Å². The molecule has 0 saturated carbocycles. The Morgan fingerprint density at radius 3 is 2.23 bits per heavy atom. The molecule has 0 aliphatic rings. The first-order chi connectivity index (χ1) is 14.8. The van der Waals surface area contributed by atoms with Crippen LogP contribution in [0.2, 0.25) is 0 Å². The van der Waals surface area contributed by atoms with Gasteiger partial charge in [0.15, 0.2) is 11.5 Å². The SMILES string of the molecule is CCOc1ccc(S(=O)(=O)N(CC)CC(=O)NC(C)c2ccc(OC)c(OC)c2)cc1. The predicted molar refractivity (Wildman–Crippen MR) is 118 cm³/mol. The first-order valence-electron chi connectivity index (χ1n) is 10.0. The number of sulfonamides is 1. The molecule has 2 aromatic rings. The molecule has 0 heterocycles. The third kappa shape index (κ3) is 6.11. The summed E-state index contributed by atoms with van der Waals surface area (Å²) >= 11 is 0. The predicted octanol–water partition coefficient (Wildman–Crippen LogP) is 2.99. The van der Waals surface area contributed by atoms with E-state index < -0.39 is 15.9 Å². The van der Waals surface area contributed by atoms with E-state index in [2.05, 4.69) is 5.32 Å². The third-order valence-electron chi connectivity index (χ3n) is 4.73. The summed E-state index contributed by atoms with van der Waals surface area (Å²) in [5.74, 6) is 1.32. The van der Waals surface area contributed by atoms with Gasteiger partial charge in [0, 0.05) is 6.54 Å². The van der Waals surface area contributed by atoms with E-state index in [0.717, 1.165) is 9.87 Å². The van der Waals surface area contributed by atoms with Gasteiger partial charge in [-0.1, -0.05) is 13.0 Å².